The number of benzene rings is 1. The lowest BCUT2D eigenvalue weighted by atomic mass is 10.1. The van der Waals surface area contributed by atoms with Crippen LogP contribution >= 0.6 is 11.8 Å². The van der Waals surface area contributed by atoms with E-state index >= 15 is 0 Å². The van der Waals surface area contributed by atoms with Gasteiger partial charge in [0.2, 0.25) is 0 Å². The number of nitrogens with one attached hydrogen (secondary N) is 1. The van der Waals surface area contributed by atoms with Crippen molar-refractivity contribution in [2.75, 3.05) is 19.3 Å². The zero-order valence-corrected chi connectivity index (χ0v) is 11.4. The highest BCUT2D eigenvalue weighted by Crippen LogP contribution is 2.12. The van der Waals surface area contributed by atoms with E-state index in [0.717, 1.165) is 29.4 Å². The van der Waals surface area contributed by atoms with Gasteiger partial charge in [-0.05, 0) is 17.7 Å². The molecule has 0 bridgehead atoms. The first-order chi connectivity index (χ1) is 8.67. The molecule has 0 amide bonds. The number of hydrogen-bond acceptors (Lipinski definition) is 4. The zero-order chi connectivity index (χ0) is 13.4. The second-order valence-corrected chi connectivity index (χ2v) is 4.81. The maximum absolute atomic E-state index is 10.5. The minimum atomic E-state index is -0.387. The van der Waals surface area contributed by atoms with Crippen molar-refractivity contribution in [2.45, 2.75) is 13.3 Å². The van der Waals surface area contributed by atoms with Gasteiger partial charge < -0.3 is 5.32 Å². The lowest BCUT2D eigenvalue weighted by molar-refractivity contribution is -0.384. The summed E-state index contributed by atoms with van der Waals surface area (Å²) in [6.07, 6.45) is 0.821. The fraction of sp³-hybridized carbons (Fsp3) is 0.417. The van der Waals surface area contributed by atoms with Crippen molar-refractivity contribution in [1.82, 2.24) is 5.32 Å². The Bertz CT molecular complexity index is 418. The molecule has 6 heteroatoms. The molecule has 1 aromatic carbocycles. The van der Waals surface area contributed by atoms with Crippen molar-refractivity contribution in [3.63, 3.8) is 0 Å². The van der Waals surface area contributed by atoms with E-state index in [1.165, 1.54) is 12.1 Å². The quantitative estimate of drug-likeness (QED) is 0.385. The van der Waals surface area contributed by atoms with Crippen molar-refractivity contribution in [3.05, 3.63) is 39.9 Å². The van der Waals surface area contributed by atoms with Crippen LogP contribution in [0.1, 0.15) is 12.5 Å². The fourth-order valence-corrected chi connectivity index (χ4v) is 2.04. The number of hydrogen-bond donors (Lipinski definition) is 1. The summed E-state index contributed by atoms with van der Waals surface area (Å²) >= 11 is 1.67. The average Bonchev–Trinajstić information content (AvgIpc) is 2.38. The summed E-state index contributed by atoms with van der Waals surface area (Å²) in [4.78, 5) is 14.2. The van der Waals surface area contributed by atoms with Crippen LogP contribution in [0.2, 0.25) is 0 Å². The Morgan fingerprint density at radius 2 is 2.11 bits per heavy atom. The number of non-ortho nitro benzene ring substituents is 1. The first-order valence-corrected chi connectivity index (χ1v) is 6.72. The Hall–Kier alpha value is -1.56. The first kappa shape index (κ1) is 14.5. The van der Waals surface area contributed by atoms with Crippen LogP contribution in [0.3, 0.4) is 0 Å². The van der Waals surface area contributed by atoms with E-state index in [1.54, 1.807) is 30.9 Å². The SMILES string of the molecule is CCSC(=NC)NCCc1ccc([N+](=O)[O-])cc1. The Morgan fingerprint density at radius 1 is 1.44 bits per heavy atom. The maximum Gasteiger partial charge on any atom is 0.269 e. The lowest BCUT2D eigenvalue weighted by Crippen LogP contribution is -2.23. The number of aliphatic imine (C=N–C) groups is 1. The molecule has 18 heavy (non-hydrogen) atoms. The molecular weight excluding hydrogens is 250 g/mol. The number of amidine groups is 1. The van der Waals surface area contributed by atoms with Crippen LogP contribution in [0.4, 0.5) is 5.69 Å². The Balaban J connectivity index is 2.42. The molecule has 0 saturated carbocycles. The fourth-order valence-electron chi connectivity index (χ4n) is 1.43. The van der Waals surface area contributed by atoms with Gasteiger partial charge in [-0.2, -0.15) is 0 Å². The predicted octanol–water partition coefficient (Wildman–Crippen LogP) is 2.47. The molecule has 0 heterocycles. The zero-order valence-electron chi connectivity index (χ0n) is 10.5. The topological polar surface area (TPSA) is 67.5 Å². The number of nitro benzene ring substituents is 1. The molecule has 0 aliphatic heterocycles. The van der Waals surface area contributed by atoms with Gasteiger partial charge in [0.1, 0.15) is 0 Å². The van der Waals surface area contributed by atoms with Gasteiger partial charge in [0.15, 0.2) is 5.17 Å². The summed E-state index contributed by atoms with van der Waals surface area (Å²) < 4.78 is 0. The largest absolute Gasteiger partial charge is 0.365 e. The maximum atomic E-state index is 10.5. The van der Waals surface area contributed by atoms with Gasteiger partial charge in [-0.1, -0.05) is 30.8 Å². The highest BCUT2D eigenvalue weighted by molar-refractivity contribution is 8.13. The third kappa shape index (κ3) is 4.75. The summed E-state index contributed by atoms with van der Waals surface area (Å²) in [7, 11) is 1.76. The molecule has 1 rings (SSSR count). The van der Waals surface area contributed by atoms with Crippen molar-refractivity contribution in [2.24, 2.45) is 4.99 Å². The summed E-state index contributed by atoms with van der Waals surface area (Å²) in [5, 5.41) is 14.7. The number of nitro groups is 1. The van der Waals surface area contributed by atoms with E-state index in [1.807, 2.05) is 0 Å². The minimum absolute atomic E-state index is 0.129. The number of thioether (sulfide) groups is 1. The first-order valence-electron chi connectivity index (χ1n) is 5.74. The number of nitrogens with zero attached hydrogens (tertiary/aromatic N) is 2. The van der Waals surface area contributed by atoms with Crippen molar-refractivity contribution >= 4 is 22.6 Å². The van der Waals surface area contributed by atoms with Gasteiger partial charge in [-0.15, -0.1) is 0 Å². The third-order valence-electron chi connectivity index (χ3n) is 2.32. The molecule has 0 aliphatic carbocycles. The van der Waals surface area contributed by atoms with Crippen molar-refractivity contribution in [1.29, 1.82) is 0 Å². The molecule has 0 spiro atoms. The molecule has 1 N–H and O–H groups in total. The van der Waals surface area contributed by atoms with Crippen LogP contribution in [0.15, 0.2) is 29.3 Å². The van der Waals surface area contributed by atoms with Crippen LogP contribution in [-0.4, -0.2) is 29.4 Å². The van der Waals surface area contributed by atoms with Crippen LogP contribution in [-0.2, 0) is 6.42 Å². The van der Waals surface area contributed by atoms with E-state index in [9.17, 15) is 10.1 Å². The molecule has 0 unspecified atom stereocenters. The third-order valence-corrected chi connectivity index (χ3v) is 3.21. The van der Waals surface area contributed by atoms with Gasteiger partial charge in [-0.3, -0.25) is 15.1 Å². The molecule has 98 valence electrons. The van der Waals surface area contributed by atoms with Gasteiger partial charge >= 0.3 is 0 Å². The van der Waals surface area contributed by atoms with Crippen LogP contribution in [0.25, 0.3) is 0 Å². The highest BCUT2D eigenvalue weighted by Gasteiger charge is 2.03. The summed E-state index contributed by atoms with van der Waals surface area (Å²) in [5.74, 6) is 0.983. The standard InChI is InChI=1S/C12H17N3O2S/c1-3-18-12(13-2)14-9-8-10-4-6-11(7-5-10)15(16)17/h4-7H,3,8-9H2,1-2H3,(H,13,14). The van der Waals surface area contributed by atoms with E-state index in [2.05, 4.69) is 17.2 Å². The molecule has 5 nitrogen and oxygen atoms in total. The molecule has 0 fully saturated rings. The molecular formula is C12H17N3O2S. The molecule has 1 aromatic rings. The summed E-state index contributed by atoms with van der Waals surface area (Å²) in [6.45, 7) is 2.85. The molecule has 0 atom stereocenters. The summed E-state index contributed by atoms with van der Waals surface area (Å²) in [5.41, 5.74) is 1.20. The van der Waals surface area contributed by atoms with E-state index in [0.29, 0.717) is 0 Å². The van der Waals surface area contributed by atoms with E-state index in [-0.39, 0.29) is 10.6 Å². The Morgan fingerprint density at radius 3 is 2.61 bits per heavy atom. The van der Waals surface area contributed by atoms with Crippen LogP contribution in [0, 0.1) is 10.1 Å². The Labute approximate surface area is 111 Å². The van der Waals surface area contributed by atoms with Crippen LogP contribution < -0.4 is 5.32 Å². The molecule has 0 aromatic heterocycles. The van der Waals surface area contributed by atoms with Gasteiger partial charge in [0, 0.05) is 25.7 Å². The van der Waals surface area contributed by atoms with Gasteiger partial charge in [-0.25, -0.2) is 0 Å². The molecule has 0 radical (unpaired) electrons. The van der Waals surface area contributed by atoms with E-state index < -0.39 is 0 Å². The normalized spacial score (nSPS) is 11.3. The van der Waals surface area contributed by atoms with Gasteiger partial charge in [0.25, 0.3) is 5.69 Å². The predicted molar refractivity (Wildman–Crippen MR) is 76.3 cm³/mol. The summed E-state index contributed by atoms with van der Waals surface area (Å²) in [6, 6.07) is 6.64. The second kappa shape index (κ2) is 7.71. The second-order valence-electron chi connectivity index (χ2n) is 3.56. The van der Waals surface area contributed by atoms with Crippen LogP contribution in [0.5, 0.6) is 0 Å². The van der Waals surface area contributed by atoms with Gasteiger partial charge in [0.05, 0.1) is 4.92 Å². The lowest BCUT2D eigenvalue weighted by Gasteiger charge is -2.07. The Kier molecular flexibility index (Phi) is 6.21. The molecule has 0 saturated heterocycles. The van der Waals surface area contributed by atoms with E-state index in [4.69, 9.17) is 0 Å². The highest BCUT2D eigenvalue weighted by atomic mass is 32.2. The minimum Gasteiger partial charge on any atom is -0.365 e. The molecule has 0 aliphatic rings. The number of rotatable bonds is 5. The smallest absolute Gasteiger partial charge is 0.269 e. The monoisotopic (exact) mass is 267 g/mol. The van der Waals surface area contributed by atoms with Crippen molar-refractivity contribution < 1.29 is 4.92 Å². The average molecular weight is 267 g/mol. The van der Waals surface area contributed by atoms with Crippen molar-refractivity contribution in [3.8, 4) is 0 Å².